The zero-order chi connectivity index (χ0) is 20.5. The van der Waals surface area contributed by atoms with Crippen molar-refractivity contribution < 1.29 is 26.6 Å². The second kappa shape index (κ2) is 8.03. The Morgan fingerprint density at radius 3 is 2.89 bits per heavy atom. The number of nitrogens with one attached hydrogen (secondary N) is 2. The van der Waals surface area contributed by atoms with Crippen LogP contribution >= 0.6 is 0 Å². The van der Waals surface area contributed by atoms with Gasteiger partial charge in [0, 0.05) is 24.4 Å². The van der Waals surface area contributed by atoms with E-state index in [2.05, 4.69) is 14.8 Å². The number of guanidine groups is 1. The molecule has 7 N–H and O–H groups in total. The molecule has 0 spiro atoms. The molecular formula is C15H24N6O6S. The minimum absolute atomic E-state index is 0.0545. The maximum atomic E-state index is 11.7. The maximum Gasteiger partial charge on any atom is 0.418 e. The topological polar surface area (TPSA) is 198 Å². The molecule has 1 aromatic rings. The highest BCUT2D eigenvalue weighted by molar-refractivity contribution is 7.80. The molecule has 28 heavy (non-hydrogen) atoms. The van der Waals surface area contributed by atoms with Crippen molar-refractivity contribution in [1.29, 1.82) is 5.41 Å². The highest BCUT2D eigenvalue weighted by Crippen LogP contribution is 2.37. The molecule has 1 saturated heterocycles. The average molecular weight is 416 g/mol. The Balaban J connectivity index is 1.50. The standard InChI is InChI=1S/C15H24N6O6S/c16-11(3-1-10-2-4-14(22)21(10)27-28(23,24)25)12-7-13(26-20-12)8-5-9(6-8)19-15(17)18/h7-11H,1-6,16H2,(H4,17,18,19)(H,23,24,25)/t8-,9+,10-,11+/m1/s1. The van der Waals surface area contributed by atoms with Crippen molar-refractivity contribution in [2.75, 3.05) is 0 Å². The molecule has 1 saturated carbocycles. The van der Waals surface area contributed by atoms with Gasteiger partial charge >= 0.3 is 10.4 Å². The quantitative estimate of drug-likeness (QED) is 0.217. The van der Waals surface area contributed by atoms with Crippen molar-refractivity contribution in [2.24, 2.45) is 11.5 Å². The molecule has 0 aromatic carbocycles. The molecule has 3 rings (SSSR count). The first-order chi connectivity index (χ1) is 13.1. The van der Waals surface area contributed by atoms with Gasteiger partial charge in [-0.25, -0.2) is 0 Å². The molecule has 12 nitrogen and oxygen atoms in total. The van der Waals surface area contributed by atoms with Crippen molar-refractivity contribution in [1.82, 2.24) is 15.5 Å². The lowest BCUT2D eigenvalue weighted by atomic mass is 9.78. The zero-order valence-corrected chi connectivity index (χ0v) is 15.9. The van der Waals surface area contributed by atoms with E-state index in [0.29, 0.717) is 30.0 Å². The molecule has 0 unspecified atom stereocenters. The van der Waals surface area contributed by atoms with Gasteiger partial charge in [0.25, 0.3) is 0 Å². The molecule has 156 valence electrons. The fourth-order valence-corrected chi connectivity index (χ4v) is 3.97. The smallest absolute Gasteiger partial charge is 0.370 e. The normalized spacial score (nSPS) is 26.1. The third kappa shape index (κ3) is 4.98. The van der Waals surface area contributed by atoms with Gasteiger partial charge < -0.3 is 21.3 Å². The zero-order valence-electron chi connectivity index (χ0n) is 15.1. The van der Waals surface area contributed by atoms with Crippen LogP contribution in [0.2, 0.25) is 0 Å². The Morgan fingerprint density at radius 1 is 1.54 bits per heavy atom. The van der Waals surface area contributed by atoms with Gasteiger partial charge in [0.1, 0.15) is 11.5 Å². The SMILES string of the molecule is N=C(N)N[C@H]1C[C@@H](c2cc([C@@H](N)CC[C@@H]3CCC(=O)N3OS(=O)(=O)O)no2)C1. The second-order valence-corrected chi connectivity index (χ2v) is 8.18. The molecule has 0 radical (unpaired) electrons. The van der Waals surface area contributed by atoms with Gasteiger partial charge in [0.15, 0.2) is 5.96 Å². The number of rotatable bonds is 8. The summed E-state index contributed by atoms with van der Waals surface area (Å²) in [5.74, 6) is 0.357. The molecular weight excluding hydrogens is 392 g/mol. The van der Waals surface area contributed by atoms with Crippen molar-refractivity contribution in [2.45, 2.75) is 62.6 Å². The molecule has 13 heteroatoms. The monoisotopic (exact) mass is 416 g/mol. The van der Waals surface area contributed by atoms with E-state index in [-0.39, 0.29) is 24.3 Å². The van der Waals surface area contributed by atoms with Crippen LogP contribution in [0.1, 0.15) is 61.9 Å². The first kappa shape index (κ1) is 20.5. The number of amides is 1. The molecule has 0 bridgehead atoms. The van der Waals surface area contributed by atoms with Gasteiger partial charge in [-0.05, 0) is 32.1 Å². The van der Waals surface area contributed by atoms with Crippen LogP contribution in [-0.4, -0.2) is 47.1 Å². The predicted molar refractivity (Wildman–Crippen MR) is 96.0 cm³/mol. The predicted octanol–water partition coefficient (Wildman–Crippen LogP) is -0.0909. The van der Waals surface area contributed by atoms with Crippen molar-refractivity contribution in [3.63, 3.8) is 0 Å². The van der Waals surface area contributed by atoms with Crippen LogP contribution in [0.25, 0.3) is 0 Å². The molecule has 1 aliphatic carbocycles. The van der Waals surface area contributed by atoms with E-state index >= 15 is 0 Å². The molecule has 2 heterocycles. The van der Waals surface area contributed by atoms with Crippen molar-refractivity contribution in [3.8, 4) is 0 Å². The fraction of sp³-hybridized carbons (Fsp3) is 0.667. The molecule has 1 aliphatic heterocycles. The summed E-state index contributed by atoms with van der Waals surface area (Å²) < 4.78 is 40.3. The van der Waals surface area contributed by atoms with E-state index < -0.39 is 28.4 Å². The second-order valence-electron chi connectivity index (χ2n) is 7.18. The van der Waals surface area contributed by atoms with Crippen LogP contribution in [0, 0.1) is 5.41 Å². The maximum absolute atomic E-state index is 11.7. The van der Waals surface area contributed by atoms with E-state index in [1.807, 2.05) is 0 Å². The number of nitrogens with two attached hydrogens (primary N) is 2. The Bertz CT molecular complexity index is 836. The minimum atomic E-state index is -4.76. The summed E-state index contributed by atoms with van der Waals surface area (Å²) in [4.78, 5) is 11.7. The summed E-state index contributed by atoms with van der Waals surface area (Å²) >= 11 is 0. The van der Waals surface area contributed by atoms with Crippen LogP contribution in [0.4, 0.5) is 0 Å². The fourth-order valence-electron chi connectivity index (χ4n) is 3.57. The van der Waals surface area contributed by atoms with Gasteiger partial charge in [0.05, 0.1) is 12.1 Å². The number of carbonyl (C=O) groups excluding carboxylic acids is 1. The Labute approximate surface area is 162 Å². The van der Waals surface area contributed by atoms with Crippen LogP contribution in [0.3, 0.4) is 0 Å². The minimum Gasteiger partial charge on any atom is -0.370 e. The molecule has 2 atom stereocenters. The largest absolute Gasteiger partial charge is 0.418 e. The summed E-state index contributed by atoms with van der Waals surface area (Å²) in [5.41, 5.74) is 12.0. The van der Waals surface area contributed by atoms with Crippen LogP contribution < -0.4 is 16.8 Å². The number of carbonyl (C=O) groups is 1. The first-order valence-electron chi connectivity index (χ1n) is 8.94. The lowest BCUT2D eigenvalue weighted by molar-refractivity contribution is -0.157. The van der Waals surface area contributed by atoms with E-state index in [0.717, 1.165) is 18.6 Å². The Hall–Kier alpha value is -2.22. The van der Waals surface area contributed by atoms with E-state index in [1.54, 1.807) is 6.07 Å². The third-order valence-electron chi connectivity index (χ3n) is 5.08. The average Bonchev–Trinajstić information content (AvgIpc) is 3.15. The van der Waals surface area contributed by atoms with Gasteiger partial charge in [-0.15, -0.1) is 4.28 Å². The molecule has 1 amide bonds. The molecule has 1 aromatic heterocycles. The highest BCUT2D eigenvalue weighted by Gasteiger charge is 2.36. The summed E-state index contributed by atoms with van der Waals surface area (Å²) in [7, 11) is -4.76. The Kier molecular flexibility index (Phi) is 5.88. The number of hydrogen-bond acceptors (Lipinski definition) is 8. The number of hydroxylamine groups is 2. The highest BCUT2D eigenvalue weighted by atomic mass is 32.3. The third-order valence-corrected chi connectivity index (χ3v) is 5.43. The van der Waals surface area contributed by atoms with Gasteiger partial charge in [-0.2, -0.15) is 13.5 Å². The van der Waals surface area contributed by atoms with E-state index in [4.69, 9.17) is 26.0 Å². The molecule has 2 fully saturated rings. The summed E-state index contributed by atoms with van der Waals surface area (Å²) in [6, 6.07) is 1.01. The van der Waals surface area contributed by atoms with Crippen LogP contribution in [0.15, 0.2) is 10.6 Å². The van der Waals surface area contributed by atoms with E-state index in [1.165, 1.54) is 0 Å². The van der Waals surface area contributed by atoms with Gasteiger partial charge in [0.2, 0.25) is 5.91 Å². The lowest BCUT2D eigenvalue weighted by Crippen LogP contribution is -2.46. The van der Waals surface area contributed by atoms with Crippen LogP contribution in [0.5, 0.6) is 0 Å². The van der Waals surface area contributed by atoms with Crippen molar-refractivity contribution in [3.05, 3.63) is 17.5 Å². The first-order valence-corrected chi connectivity index (χ1v) is 10.3. The Morgan fingerprint density at radius 2 is 2.25 bits per heavy atom. The lowest BCUT2D eigenvalue weighted by Gasteiger charge is -2.34. The number of hydrogen-bond donors (Lipinski definition) is 5. The van der Waals surface area contributed by atoms with E-state index in [9.17, 15) is 13.2 Å². The summed E-state index contributed by atoms with van der Waals surface area (Å²) in [5, 5.41) is 14.8. The number of nitrogens with zero attached hydrogens (tertiary/aromatic N) is 2. The number of aromatic nitrogens is 1. The van der Waals surface area contributed by atoms with Gasteiger partial charge in [-0.1, -0.05) is 5.16 Å². The molecule has 2 aliphatic rings. The van der Waals surface area contributed by atoms with Crippen molar-refractivity contribution >= 4 is 22.3 Å². The van der Waals surface area contributed by atoms with Gasteiger partial charge in [-0.3, -0.25) is 14.8 Å². The van der Waals surface area contributed by atoms with Crippen LogP contribution in [-0.2, 0) is 19.5 Å². The summed E-state index contributed by atoms with van der Waals surface area (Å²) in [6.07, 6.45) is 2.94. The summed E-state index contributed by atoms with van der Waals surface area (Å²) in [6.45, 7) is 0.